The highest BCUT2D eigenvalue weighted by atomic mass is 19.1. The number of halogens is 1. The fraction of sp³-hybridized carbons (Fsp3) is 0.435. The standard InChI is InChI=1S/C23H27FN2O2/c24-23(16-25-21-14-20(21)18-4-2-1-3-5-18)10-12-26(13-11-23)15-17-6-8-19(9-7-17)22(27)28/h1-9,20-21,25H,10-16H2,(H,27,28)/t20?,21-/m0/s1. The van der Waals surface area contributed by atoms with Crippen LogP contribution >= 0.6 is 0 Å². The predicted molar refractivity (Wildman–Crippen MR) is 107 cm³/mol. The highest BCUT2D eigenvalue weighted by Gasteiger charge is 2.41. The summed E-state index contributed by atoms with van der Waals surface area (Å²) in [6.45, 7) is 2.63. The van der Waals surface area contributed by atoms with Gasteiger partial charge in [-0.1, -0.05) is 42.5 Å². The zero-order valence-corrected chi connectivity index (χ0v) is 16.0. The molecular formula is C23H27FN2O2. The number of aromatic carboxylic acids is 1. The van der Waals surface area contributed by atoms with Gasteiger partial charge in [0, 0.05) is 38.1 Å². The average Bonchev–Trinajstić information content (AvgIpc) is 3.50. The Hall–Kier alpha value is -2.24. The summed E-state index contributed by atoms with van der Waals surface area (Å²) in [5.41, 5.74) is 1.58. The number of piperidine rings is 1. The molecule has 0 amide bonds. The van der Waals surface area contributed by atoms with Crippen LogP contribution in [0.3, 0.4) is 0 Å². The van der Waals surface area contributed by atoms with Crippen molar-refractivity contribution in [2.24, 2.45) is 0 Å². The molecule has 2 fully saturated rings. The Balaban J connectivity index is 1.22. The van der Waals surface area contributed by atoms with Gasteiger partial charge in [0.15, 0.2) is 0 Å². The SMILES string of the molecule is O=C(O)c1ccc(CN2CCC(F)(CN[C@H]3CC3c3ccccc3)CC2)cc1. The summed E-state index contributed by atoms with van der Waals surface area (Å²) in [6.07, 6.45) is 2.17. The van der Waals surface area contributed by atoms with E-state index in [1.165, 1.54) is 5.56 Å². The van der Waals surface area contributed by atoms with Crippen molar-refractivity contribution < 1.29 is 14.3 Å². The summed E-state index contributed by atoms with van der Waals surface area (Å²) in [7, 11) is 0. The molecule has 0 spiro atoms. The summed E-state index contributed by atoms with van der Waals surface area (Å²) in [4.78, 5) is 13.2. The molecule has 1 saturated heterocycles. The molecule has 0 radical (unpaired) electrons. The van der Waals surface area contributed by atoms with Crippen LogP contribution in [-0.2, 0) is 6.54 Å². The van der Waals surface area contributed by atoms with E-state index < -0.39 is 11.6 Å². The van der Waals surface area contributed by atoms with Crippen LogP contribution in [0, 0.1) is 0 Å². The van der Waals surface area contributed by atoms with Gasteiger partial charge in [-0.3, -0.25) is 4.90 Å². The molecule has 0 bridgehead atoms. The molecule has 2 N–H and O–H groups in total. The number of nitrogens with one attached hydrogen (secondary N) is 1. The molecule has 0 aromatic heterocycles. The van der Waals surface area contributed by atoms with Crippen LogP contribution in [0.2, 0.25) is 0 Å². The first-order valence-electron chi connectivity index (χ1n) is 10.0. The second-order valence-electron chi connectivity index (χ2n) is 8.17. The van der Waals surface area contributed by atoms with Crippen LogP contribution in [0.5, 0.6) is 0 Å². The zero-order valence-electron chi connectivity index (χ0n) is 16.0. The van der Waals surface area contributed by atoms with Crippen molar-refractivity contribution in [1.29, 1.82) is 0 Å². The van der Waals surface area contributed by atoms with E-state index in [0.717, 1.165) is 31.6 Å². The van der Waals surface area contributed by atoms with Crippen molar-refractivity contribution in [2.75, 3.05) is 19.6 Å². The van der Waals surface area contributed by atoms with Gasteiger partial charge in [-0.05, 0) is 42.5 Å². The van der Waals surface area contributed by atoms with Gasteiger partial charge >= 0.3 is 5.97 Å². The molecular weight excluding hydrogens is 355 g/mol. The lowest BCUT2D eigenvalue weighted by Gasteiger charge is -2.36. The first kappa shape index (κ1) is 19.1. The number of benzene rings is 2. The van der Waals surface area contributed by atoms with Gasteiger partial charge in [0.25, 0.3) is 0 Å². The Morgan fingerprint density at radius 2 is 1.79 bits per heavy atom. The third-order valence-corrected chi connectivity index (χ3v) is 6.06. The quantitative estimate of drug-likeness (QED) is 0.764. The number of hydrogen-bond acceptors (Lipinski definition) is 3. The Labute approximate surface area is 165 Å². The minimum absolute atomic E-state index is 0.296. The first-order chi connectivity index (χ1) is 13.5. The second kappa shape index (κ2) is 8.02. The van der Waals surface area contributed by atoms with E-state index in [9.17, 15) is 4.79 Å². The molecule has 1 saturated carbocycles. The molecule has 1 aliphatic carbocycles. The molecule has 2 aromatic rings. The molecule has 1 aliphatic heterocycles. The van der Waals surface area contributed by atoms with Gasteiger partial charge < -0.3 is 10.4 Å². The third kappa shape index (κ3) is 4.59. The summed E-state index contributed by atoms with van der Waals surface area (Å²) in [5, 5.41) is 12.4. The van der Waals surface area contributed by atoms with E-state index in [-0.39, 0.29) is 0 Å². The van der Waals surface area contributed by atoms with Crippen LogP contribution in [-0.4, -0.2) is 47.3 Å². The van der Waals surface area contributed by atoms with Crippen molar-refractivity contribution in [3.63, 3.8) is 0 Å². The summed E-state index contributed by atoms with van der Waals surface area (Å²) in [6, 6.07) is 17.8. The van der Waals surface area contributed by atoms with Gasteiger partial charge in [0.1, 0.15) is 5.67 Å². The van der Waals surface area contributed by atoms with E-state index in [2.05, 4.69) is 34.5 Å². The number of likely N-dealkylation sites (tertiary alicyclic amines) is 1. The van der Waals surface area contributed by atoms with Gasteiger partial charge in [-0.25, -0.2) is 9.18 Å². The maximum Gasteiger partial charge on any atom is 0.335 e. The molecule has 2 aliphatic rings. The molecule has 28 heavy (non-hydrogen) atoms. The fourth-order valence-electron chi connectivity index (χ4n) is 4.10. The number of alkyl halides is 1. The minimum atomic E-state index is -1.13. The van der Waals surface area contributed by atoms with Gasteiger partial charge in [0.2, 0.25) is 0 Å². The molecule has 2 atom stereocenters. The molecule has 4 rings (SSSR count). The van der Waals surface area contributed by atoms with Crippen molar-refractivity contribution in [3.05, 3.63) is 71.3 Å². The van der Waals surface area contributed by atoms with Crippen LogP contribution in [0.1, 0.15) is 46.7 Å². The zero-order chi connectivity index (χ0) is 19.6. The number of carbonyl (C=O) groups is 1. The first-order valence-corrected chi connectivity index (χ1v) is 10.0. The maximum atomic E-state index is 15.2. The van der Waals surface area contributed by atoms with Gasteiger partial charge in [-0.2, -0.15) is 0 Å². The maximum absolute atomic E-state index is 15.2. The Morgan fingerprint density at radius 3 is 2.43 bits per heavy atom. The number of hydrogen-bond donors (Lipinski definition) is 2. The molecule has 1 unspecified atom stereocenters. The van der Waals surface area contributed by atoms with Gasteiger partial charge in [0.05, 0.1) is 5.56 Å². The highest BCUT2D eigenvalue weighted by Crippen LogP contribution is 2.41. The number of nitrogens with zero attached hydrogens (tertiary/aromatic N) is 1. The lowest BCUT2D eigenvalue weighted by atomic mass is 9.92. The molecule has 148 valence electrons. The monoisotopic (exact) mass is 382 g/mol. The van der Waals surface area contributed by atoms with Gasteiger partial charge in [-0.15, -0.1) is 0 Å². The largest absolute Gasteiger partial charge is 0.478 e. The van der Waals surface area contributed by atoms with Crippen molar-refractivity contribution >= 4 is 5.97 Å². The van der Waals surface area contributed by atoms with E-state index in [1.54, 1.807) is 12.1 Å². The third-order valence-electron chi connectivity index (χ3n) is 6.06. The van der Waals surface area contributed by atoms with Crippen LogP contribution in [0.15, 0.2) is 54.6 Å². The normalized spacial score (nSPS) is 24.0. The van der Waals surface area contributed by atoms with Crippen LogP contribution in [0.4, 0.5) is 4.39 Å². The van der Waals surface area contributed by atoms with Crippen LogP contribution in [0.25, 0.3) is 0 Å². The minimum Gasteiger partial charge on any atom is -0.478 e. The molecule has 4 nitrogen and oxygen atoms in total. The van der Waals surface area contributed by atoms with E-state index >= 15 is 4.39 Å². The Morgan fingerprint density at radius 1 is 1.11 bits per heavy atom. The predicted octanol–water partition coefficient (Wildman–Crippen LogP) is 3.83. The second-order valence-corrected chi connectivity index (χ2v) is 8.17. The van der Waals surface area contributed by atoms with Crippen molar-refractivity contribution in [1.82, 2.24) is 10.2 Å². The topological polar surface area (TPSA) is 52.6 Å². The Kier molecular flexibility index (Phi) is 5.47. The molecule has 5 heteroatoms. The number of carboxylic acid groups (broad SMARTS) is 1. The Bertz CT molecular complexity index is 801. The summed E-state index contributed by atoms with van der Waals surface area (Å²) < 4.78 is 15.2. The van der Waals surface area contributed by atoms with Crippen LogP contribution < -0.4 is 5.32 Å². The number of carboxylic acids is 1. The van der Waals surface area contributed by atoms with E-state index in [1.807, 2.05) is 18.2 Å². The highest BCUT2D eigenvalue weighted by molar-refractivity contribution is 5.87. The fourth-order valence-corrected chi connectivity index (χ4v) is 4.10. The molecule has 1 heterocycles. The lowest BCUT2D eigenvalue weighted by molar-refractivity contribution is 0.0543. The molecule has 2 aromatic carbocycles. The smallest absolute Gasteiger partial charge is 0.335 e. The summed E-state index contributed by atoms with van der Waals surface area (Å²) >= 11 is 0. The number of rotatable bonds is 7. The van der Waals surface area contributed by atoms with E-state index in [0.29, 0.717) is 36.9 Å². The lowest BCUT2D eigenvalue weighted by Crippen LogP contribution is -2.47. The van der Waals surface area contributed by atoms with Crippen molar-refractivity contribution in [2.45, 2.75) is 43.4 Å². The van der Waals surface area contributed by atoms with E-state index in [4.69, 9.17) is 5.11 Å². The van der Waals surface area contributed by atoms with Crippen molar-refractivity contribution in [3.8, 4) is 0 Å². The average molecular weight is 382 g/mol. The summed E-state index contributed by atoms with van der Waals surface area (Å²) in [5.74, 6) is -0.386.